The molecule has 1 amide bonds. The number of aliphatic hydroxyl groups excluding tert-OH is 1. The van der Waals surface area contributed by atoms with Gasteiger partial charge in [-0.2, -0.15) is 5.10 Å². The van der Waals surface area contributed by atoms with Crippen LogP contribution in [-0.4, -0.2) is 69.9 Å². The summed E-state index contributed by atoms with van der Waals surface area (Å²) in [6, 6.07) is 5.38. The van der Waals surface area contributed by atoms with Crippen molar-refractivity contribution in [1.82, 2.24) is 19.6 Å². The minimum Gasteiger partial charge on any atom is -0.395 e. The van der Waals surface area contributed by atoms with Crippen molar-refractivity contribution in [3.05, 3.63) is 45.2 Å². The Hall–Kier alpha value is -1.60. The highest BCUT2D eigenvalue weighted by Crippen LogP contribution is 2.26. The normalized spacial score (nSPS) is 15.4. The Balaban J connectivity index is 1.73. The second-order valence-electron chi connectivity index (χ2n) is 6.78. The number of β-amino-alcohol motifs (C(OH)–C–C–N with tert-alkyl or cyclic N) is 1. The Bertz CT molecular complexity index is 829. The zero-order valence-corrected chi connectivity index (χ0v) is 17.1. The zero-order valence-electron chi connectivity index (χ0n) is 15.6. The third-order valence-electron chi connectivity index (χ3n) is 5.06. The largest absolute Gasteiger partial charge is 0.395 e. The minimum absolute atomic E-state index is 0.110. The Kier molecular flexibility index (Phi) is 6.42. The summed E-state index contributed by atoms with van der Waals surface area (Å²) in [6.07, 6.45) is 0.332. The van der Waals surface area contributed by atoms with Gasteiger partial charge in [0.05, 0.1) is 34.5 Å². The van der Waals surface area contributed by atoms with Crippen molar-refractivity contribution in [2.24, 2.45) is 0 Å². The molecule has 27 heavy (non-hydrogen) atoms. The number of benzene rings is 1. The Labute approximate surface area is 169 Å². The third-order valence-corrected chi connectivity index (χ3v) is 5.80. The number of hydrogen-bond acceptors (Lipinski definition) is 4. The highest BCUT2D eigenvalue weighted by molar-refractivity contribution is 6.42. The van der Waals surface area contributed by atoms with Crippen LogP contribution in [0.25, 0.3) is 5.69 Å². The monoisotopic (exact) mass is 410 g/mol. The van der Waals surface area contributed by atoms with Gasteiger partial charge in [-0.25, -0.2) is 4.68 Å². The lowest BCUT2D eigenvalue weighted by Gasteiger charge is -2.34. The molecule has 6 nitrogen and oxygen atoms in total. The Morgan fingerprint density at radius 1 is 1.15 bits per heavy atom. The van der Waals surface area contributed by atoms with Crippen LogP contribution < -0.4 is 0 Å². The van der Waals surface area contributed by atoms with Crippen molar-refractivity contribution in [1.29, 1.82) is 0 Å². The molecule has 146 valence electrons. The van der Waals surface area contributed by atoms with E-state index in [0.29, 0.717) is 36.1 Å². The lowest BCUT2D eigenvalue weighted by atomic mass is 10.1. The number of carbonyl (C=O) groups excluding carboxylic acids is 1. The van der Waals surface area contributed by atoms with E-state index in [9.17, 15) is 4.79 Å². The van der Waals surface area contributed by atoms with Crippen LogP contribution in [0.2, 0.25) is 10.0 Å². The average Bonchev–Trinajstić information content (AvgIpc) is 2.93. The van der Waals surface area contributed by atoms with Gasteiger partial charge in [0, 0.05) is 44.0 Å². The lowest BCUT2D eigenvalue weighted by molar-refractivity contribution is -0.132. The van der Waals surface area contributed by atoms with E-state index >= 15 is 0 Å². The van der Waals surface area contributed by atoms with Gasteiger partial charge in [-0.05, 0) is 32.0 Å². The molecule has 1 aromatic carbocycles. The fraction of sp³-hybridized carbons (Fsp3) is 0.474. The number of amides is 1. The number of carbonyl (C=O) groups is 1. The van der Waals surface area contributed by atoms with Crippen LogP contribution in [0.4, 0.5) is 0 Å². The molecular weight excluding hydrogens is 387 g/mol. The number of nitrogens with zero attached hydrogens (tertiary/aromatic N) is 4. The van der Waals surface area contributed by atoms with Gasteiger partial charge >= 0.3 is 0 Å². The van der Waals surface area contributed by atoms with Crippen LogP contribution in [0.1, 0.15) is 17.0 Å². The quantitative estimate of drug-likeness (QED) is 0.822. The van der Waals surface area contributed by atoms with Crippen LogP contribution in [0.15, 0.2) is 18.2 Å². The maximum atomic E-state index is 12.8. The number of aryl methyl sites for hydroxylation is 1. The van der Waals surface area contributed by atoms with E-state index in [-0.39, 0.29) is 12.5 Å². The summed E-state index contributed by atoms with van der Waals surface area (Å²) in [5.74, 6) is 0.110. The summed E-state index contributed by atoms with van der Waals surface area (Å²) in [5, 5.41) is 14.6. The molecule has 0 bridgehead atoms. The van der Waals surface area contributed by atoms with Crippen molar-refractivity contribution >= 4 is 29.1 Å². The van der Waals surface area contributed by atoms with Crippen LogP contribution in [0.5, 0.6) is 0 Å². The molecular formula is C19H24Cl2N4O2. The maximum Gasteiger partial charge on any atom is 0.227 e. The van der Waals surface area contributed by atoms with Gasteiger partial charge < -0.3 is 10.0 Å². The standard InChI is InChI=1S/C19H24Cl2N4O2/c1-13-16(12-19(27)24-7-5-23(6-8-24)9-10-26)14(2)25(22-13)15-3-4-17(20)18(21)11-15/h3-4,11,26H,5-10,12H2,1-2H3. The van der Waals surface area contributed by atoms with Crippen LogP contribution >= 0.6 is 23.2 Å². The summed E-state index contributed by atoms with van der Waals surface area (Å²) in [7, 11) is 0. The number of halogens is 2. The first-order valence-corrected chi connectivity index (χ1v) is 9.77. The molecule has 8 heteroatoms. The van der Waals surface area contributed by atoms with E-state index in [0.717, 1.165) is 35.7 Å². The van der Waals surface area contributed by atoms with Crippen LogP contribution in [0.3, 0.4) is 0 Å². The molecule has 0 unspecified atom stereocenters. The van der Waals surface area contributed by atoms with Gasteiger partial charge in [0.1, 0.15) is 0 Å². The number of aliphatic hydroxyl groups is 1. The van der Waals surface area contributed by atoms with E-state index in [2.05, 4.69) is 10.00 Å². The number of rotatable bonds is 5. The molecule has 0 saturated carbocycles. The van der Waals surface area contributed by atoms with E-state index < -0.39 is 0 Å². The molecule has 0 spiro atoms. The summed E-state index contributed by atoms with van der Waals surface area (Å²) in [5.41, 5.74) is 3.54. The number of aromatic nitrogens is 2. The van der Waals surface area contributed by atoms with E-state index in [1.807, 2.05) is 24.8 Å². The highest BCUT2D eigenvalue weighted by Gasteiger charge is 2.23. The average molecular weight is 411 g/mol. The molecule has 0 aliphatic carbocycles. The topological polar surface area (TPSA) is 61.6 Å². The smallest absolute Gasteiger partial charge is 0.227 e. The maximum absolute atomic E-state index is 12.8. The van der Waals surface area contributed by atoms with Gasteiger partial charge in [-0.3, -0.25) is 9.69 Å². The Morgan fingerprint density at radius 3 is 2.48 bits per heavy atom. The van der Waals surface area contributed by atoms with Crippen LogP contribution in [0, 0.1) is 13.8 Å². The molecule has 1 fully saturated rings. The fourth-order valence-corrected chi connectivity index (χ4v) is 3.72. The van der Waals surface area contributed by atoms with Crippen molar-refractivity contribution in [3.63, 3.8) is 0 Å². The molecule has 1 N–H and O–H groups in total. The fourth-order valence-electron chi connectivity index (χ4n) is 3.42. The molecule has 1 aromatic heterocycles. The van der Waals surface area contributed by atoms with Gasteiger partial charge in [0.15, 0.2) is 0 Å². The van der Waals surface area contributed by atoms with Crippen molar-refractivity contribution < 1.29 is 9.90 Å². The first kappa shape index (κ1) is 20.1. The van der Waals surface area contributed by atoms with E-state index in [1.54, 1.807) is 16.8 Å². The zero-order chi connectivity index (χ0) is 19.6. The molecule has 1 saturated heterocycles. The van der Waals surface area contributed by atoms with E-state index in [4.69, 9.17) is 28.3 Å². The number of piperazine rings is 1. The first-order valence-electron chi connectivity index (χ1n) is 9.02. The second-order valence-corrected chi connectivity index (χ2v) is 7.60. The predicted molar refractivity (Wildman–Crippen MR) is 107 cm³/mol. The highest BCUT2D eigenvalue weighted by atomic mass is 35.5. The van der Waals surface area contributed by atoms with Crippen molar-refractivity contribution in [2.75, 3.05) is 39.3 Å². The summed E-state index contributed by atoms with van der Waals surface area (Å²) in [6.45, 7) is 7.68. The van der Waals surface area contributed by atoms with Crippen molar-refractivity contribution in [3.8, 4) is 5.69 Å². The molecule has 2 aromatic rings. The Morgan fingerprint density at radius 2 is 1.85 bits per heavy atom. The molecule has 0 radical (unpaired) electrons. The van der Waals surface area contributed by atoms with Gasteiger partial charge in [-0.1, -0.05) is 23.2 Å². The molecule has 2 heterocycles. The molecule has 0 atom stereocenters. The van der Waals surface area contributed by atoms with Gasteiger partial charge in [-0.15, -0.1) is 0 Å². The van der Waals surface area contributed by atoms with Gasteiger partial charge in [0.25, 0.3) is 0 Å². The molecule has 1 aliphatic heterocycles. The SMILES string of the molecule is Cc1nn(-c2ccc(Cl)c(Cl)c2)c(C)c1CC(=O)N1CCN(CCO)CC1. The van der Waals surface area contributed by atoms with Crippen molar-refractivity contribution in [2.45, 2.75) is 20.3 Å². The van der Waals surface area contributed by atoms with E-state index in [1.165, 1.54) is 0 Å². The minimum atomic E-state index is 0.110. The lowest BCUT2D eigenvalue weighted by Crippen LogP contribution is -2.49. The summed E-state index contributed by atoms with van der Waals surface area (Å²) < 4.78 is 1.80. The first-order chi connectivity index (χ1) is 12.9. The number of hydrogen-bond donors (Lipinski definition) is 1. The second kappa shape index (κ2) is 8.61. The summed E-state index contributed by atoms with van der Waals surface area (Å²) >= 11 is 12.1. The van der Waals surface area contributed by atoms with Gasteiger partial charge in [0.2, 0.25) is 5.91 Å². The molecule has 1 aliphatic rings. The predicted octanol–water partition coefficient (Wildman–Crippen LogP) is 2.47. The molecule has 3 rings (SSSR count). The van der Waals surface area contributed by atoms with Crippen LogP contribution in [-0.2, 0) is 11.2 Å². The third kappa shape index (κ3) is 4.46. The summed E-state index contributed by atoms with van der Waals surface area (Å²) in [4.78, 5) is 16.8.